The van der Waals surface area contributed by atoms with Crippen LogP contribution in [0.25, 0.3) is 0 Å². The first kappa shape index (κ1) is 21.1. The summed E-state index contributed by atoms with van der Waals surface area (Å²) in [4.78, 5) is 14.5. The third-order valence-electron chi connectivity index (χ3n) is 5.42. The van der Waals surface area contributed by atoms with Crippen molar-refractivity contribution in [2.75, 3.05) is 7.05 Å². The summed E-state index contributed by atoms with van der Waals surface area (Å²) in [7, 11) is 1.62. The number of hydrogen-bond donors (Lipinski definition) is 3. The molecule has 0 fully saturated rings. The van der Waals surface area contributed by atoms with E-state index in [1.165, 1.54) is 4.90 Å². The van der Waals surface area contributed by atoms with E-state index >= 15 is 0 Å². The molecule has 2 rings (SSSR count). The number of likely N-dealkylation sites (N-methyl/N-ethyl adjacent to an activating group) is 1. The molecule has 0 aliphatic rings. The number of hydrogen-bond acceptors (Lipinski definition) is 4. The van der Waals surface area contributed by atoms with Crippen molar-refractivity contribution in [3.63, 3.8) is 0 Å². The van der Waals surface area contributed by atoms with Crippen LogP contribution >= 0.6 is 0 Å². The summed E-state index contributed by atoms with van der Waals surface area (Å²) in [5.74, 6) is -0.398. The van der Waals surface area contributed by atoms with Crippen molar-refractivity contribution in [2.24, 2.45) is 5.73 Å². The highest BCUT2D eigenvalue weighted by Crippen LogP contribution is 2.34. The number of rotatable bonds is 8. The molecule has 0 aliphatic heterocycles. The van der Waals surface area contributed by atoms with Gasteiger partial charge in [0.2, 0.25) is 5.91 Å². The van der Waals surface area contributed by atoms with Gasteiger partial charge < -0.3 is 20.8 Å². The number of aliphatic hydroxyl groups excluding tert-OH is 1. The van der Waals surface area contributed by atoms with Gasteiger partial charge in [-0.05, 0) is 24.0 Å². The Labute approximate surface area is 161 Å². The molecule has 0 bridgehead atoms. The van der Waals surface area contributed by atoms with Crippen molar-refractivity contribution in [3.8, 4) is 0 Å². The zero-order valence-corrected chi connectivity index (χ0v) is 16.2. The second-order valence-corrected chi connectivity index (χ2v) is 6.95. The summed E-state index contributed by atoms with van der Waals surface area (Å²) in [6.07, 6.45) is -0.172. The molecule has 3 atom stereocenters. The Morgan fingerprint density at radius 2 is 1.44 bits per heavy atom. The van der Waals surface area contributed by atoms with Gasteiger partial charge in [0.25, 0.3) is 0 Å². The number of amides is 1. The minimum atomic E-state index is -1.27. The van der Waals surface area contributed by atoms with E-state index in [1.54, 1.807) is 7.05 Å². The highest BCUT2D eigenvalue weighted by Gasteiger charge is 2.40. The van der Waals surface area contributed by atoms with Crippen LogP contribution in [-0.4, -0.2) is 39.7 Å². The van der Waals surface area contributed by atoms with Gasteiger partial charge in [-0.1, -0.05) is 74.5 Å². The molecule has 146 valence electrons. The van der Waals surface area contributed by atoms with Crippen LogP contribution in [0.1, 0.15) is 50.0 Å². The highest BCUT2D eigenvalue weighted by atomic mass is 16.3. The first-order valence-corrected chi connectivity index (χ1v) is 9.38. The molecule has 0 unspecified atom stereocenters. The molecule has 0 aliphatic carbocycles. The third kappa shape index (κ3) is 4.56. The van der Waals surface area contributed by atoms with E-state index in [0.29, 0.717) is 18.4 Å². The summed E-state index contributed by atoms with van der Waals surface area (Å²) in [6, 6.07) is 16.9. The van der Waals surface area contributed by atoms with Crippen LogP contribution in [0.3, 0.4) is 0 Å². The topological polar surface area (TPSA) is 86.8 Å². The van der Waals surface area contributed by atoms with Crippen molar-refractivity contribution in [3.05, 3.63) is 71.8 Å². The summed E-state index contributed by atoms with van der Waals surface area (Å²) < 4.78 is 0. The average molecular weight is 370 g/mol. The van der Waals surface area contributed by atoms with Gasteiger partial charge in [0, 0.05) is 7.05 Å². The SMILES string of the molecule is CCC(O)(CC)[C@H](N)C(=O)N(C)[C@H](c1ccccc1)[C@H](O)c1ccccc1. The van der Waals surface area contributed by atoms with E-state index in [0.717, 1.165) is 5.56 Å². The van der Waals surface area contributed by atoms with Crippen LogP contribution in [0.2, 0.25) is 0 Å². The molecule has 5 nitrogen and oxygen atoms in total. The molecule has 0 spiro atoms. The monoisotopic (exact) mass is 370 g/mol. The Morgan fingerprint density at radius 3 is 1.89 bits per heavy atom. The van der Waals surface area contributed by atoms with Gasteiger partial charge in [-0.3, -0.25) is 4.79 Å². The van der Waals surface area contributed by atoms with Gasteiger partial charge >= 0.3 is 0 Å². The summed E-state index contributed by atoms with van der Waals surface area (Å²) in [5, 5.41) is 21.7. The number of carbonyl (C=O) groups excluding carboxylic acids is 1. The van der Waals surface area contributed by atoms with E-state index in [2.05, 4.69) is 0 Å². The number of nitrogens with two attached hydrogens (primary N) is 1. The van der Waals surface area contributed by atoms with E-state index in [1.807, 2.05) is 74.5 Å². The lowest BCUT2D eigenvalue weighted by Gasteiger charge is -2.38. The van der Waals surface area contributed by atoms with Crippen molar-refractivity contribution in [2.45, 2.75) is 50.5 Å². The van der Waals surface area contributed by atoms with Crippen LogP contribution in [0, 0.1) is 0 Å². The van der Waals surface area contributed by atoms with E-state index in [9.17, 15) is 15.0 Å². The lowest BCUT2D eigenvalue weighted by molar-refractivity contribution is -0.143. The van der Waals surface area contributed by atoms with Crippen molar-refractivity contribution in [1.29, 1.82) is 0 Å². The summed E-state index contributed by atoms with van der Waals surface area (Å²) >= 11 is 0. The Bertz CT molecular complexity index is 717. The molecule has 0 heterocycles. The fraction of sp³-hybridized carbons (Fsp3) is 0.409. The second kappa shape index (κ2) is 9.13. The quantitative estimate of drug-likeness (QED) is 0.667. The van der Waals surface area contributed by atoms with Gasteiger partial charge in [0.05, 0.1) is 11.6 Å². The van der Waals surface area contributed by atoms with E-state index < -0.39 is 29.7 Å². The maximum Gasteiger partial charge on any atom is 0.242 e. The van der Waals surface area contributed by atoms with Gasteiger partial charge in [-0.2, -0.15) is 0 Å². The second-order valence-electron chi connectivity index (χ2n) is 6.95. The van der Waals surface area contributed by atoms with Gasteiger partial charge in [0.15, 0.2) is 0 Å². The largest absolute Gasteiger partial charge is 0.388 e. The number of aliphatic hydroxyl groups is 2. The Kier molecular flexibility index (Phi) is 7.13. The van der Waals surface area contributed by atoms with Crippen molar-refractivity contribution in [1.82, 2.24) is 4.90 Å². The van der Waals surface area contributed by atoms with Gasteiger partial charge in [-0.15, -0.1) is 0 Å². The molecule has 0 saturated carbocycles. The zero-order valence-electron chi connectivity index (χ0n) is 16.2. The van der Waals surface area contributed by atoms with Crippen LogP contribution in [0.5, 0.6) is 0 Å². The fourth-order valence-electron chi connectivity index (χ4n) is 3.38. The molecule has 2 aromatic rings. The van der Waals surface area contributed by atoms with Crippen LogP contribution in [-0.2, 0) is 4.79 Å². The molecule has 5 heteroatoms. The van der Waals surface area contributed by atoms with Crippen LogP contribution in [0.4, 0.5) is 0 Å². The Balaban J connectivity index is 2.40. The molecule has 0 radical (unpaired) electrons. The first-order valence-electron chi connectivity index (χ1n) is 9.38. The van der Waals surface area contributed by atoms with E-state index in [4.69, 9.17) is 5.73 Å². The standard InChI is InChI=1S/C22H30N2O3/c1-4-22(27,5-2)20(23)21(26)24(3)18(16-12-8-6-9-13-16)19(25)17-14-10-7-11-15-17/h6-15,18-20,25,27H,4-5,23H2,1-3H3/t18-,19-,20-/m1/s1. The predicted molar refractivity (Wildman–Crippen MR) is 107 cm³/mol. The summed E-state index contributed by atoms with van der Waals surface area (Å²) in [6.45, 7) is 3.62. The summed E-state index contributed by atoms with van der Waals surface area (Å²) in [5.41, 5.74) is 6.38. The van der Waals surface area contributed by atoms with Crippen LogP contribution in [0.15, 0.2) is 60.7 Å². The molecule has 2 aromatic carbocycles. The van der Waals surface area contributed by atoms with E-state index in [-0.39, 0.29) is 0 Å². The van der Waals surface area contributed by atoms with Crippen molar-refractivity contribution < 1.29 is 15.0 Å². The fourth-order valence-corrected chi connectivity index (χ4v) is 3.38. The molecular weight excluding hydrogens is 340 g/mol. The van der Waals surface area contributed by atoms with Gasteiger partial charge in [0.1, 0.15) is 12.1 Å². The number of benzene rings is 2. The molecular formula is C22H30N2O3. The molecule has 0 aromatic heterocycles. The minimum absolute atomic E-state index is 0.376. The smallest absolute Gasteiger partial charge is 0.242 e. The maximum absolute atomic E-state index is 13.1. The Morgan fingerprint density at radius 1 is 1.00 bits per heavy atom. The molecule has 1 amide bonds. The van der Waals surface area contributed by atoms with Crippen molar-refractivity contribution >= 4 is 5.91 Å². The van der Waals surface area contributed by atoms with Gasteiger partial charge in [-0.25, -0.2) is 0 Å². The maximum atomic E-state index is 13.1. The molecule has 4 N–H and O–H groups in total. The molecule has 27 heavy (non-hydrogen) atoms. The lowest BCUT2D eigenvalue weighted by Crippen LogP contribution is -2.57. The third-order valence-corrected chi connectivity index (χ3v) is 5.42. The molecule has 0 saturated heterocycles. The normalized spacial score (nSPS) is 15.0. The van der Waals surface area contributed by atoms with Crippen LogP contribution < -0.4 is 5.73 Å². The Hall–Kier alpha value is -2.21. The average Bonchev–Trinajstić information content (AvgIpc) is 2.73. The lowest BCUT2D eigenvalue weighted by atomic mass is 9.87. The minimum Gasteiger partial charge on any atom is -0.388 e. The highest BCUT2D eigenvalue weighted by molar-refractivity contribution is 5.83. The number of carbonyl (C=O) groups is 1. The predicted octanol–water partition coefficient (Wildman–Crippen LogP) is 2.80. The first-order chi connectivity index (χ1) is 12.9. The number of nitrogens with zero attached hydrogens (tertiary/aromatic N) is 1. The zero-order chi connectivity index (χ0) is 20.0.